The molecule has 0 saturated carbocycles. The van der Waals surface area contributed by atoms with Gasteiger partial charge in [-0.1, -0.05) is 31.7 Å². The molecule has 8 heavy (non-hydrogen) atoms. The van der Waals surface area contributed by atoms with Gasteiger partial charge in [-0.05, 0) is 19.6 Å². The van der Waals surface area contributed by atoms with Crippen LogP contribution >= 0.6 is 0 Å². The van der Waals surface area contributed by atoms with Crippen LogP contribution in [-0.2, 0) is 0 Å². The smallest absolute Gasteiger partial charge is 0.0572 e. The van der Waals surface area contributed by atoms with Gasteiger partial charge in [-0.2, -0.15) is 0 Å². The van der Waals surface area contributed by atoms with E-state index in [1.165, 1.54) is 0 Å². The van der Waals surface area contributed by atoms with Gasteiger partial charge in [0.25, 0.3) is 0 Å². The van der Waals surface area contributed by atoms with Gasteiger partial charge in [0.15, 0.2) is 0 Å². The fraction of sp³-hybridized carbons (Fsp3) is 0.750. The minimum Gasteiger partial charge on any atom is -0.0917 e. The summed E-state index contributed by atoms with van der Waals surface area (Å²) < 4.78 is 110. The van der Waals surface area contributed by atoms with Crippen molar-refractivity contribution in [3.05, 3.63) is 12.1 Å². The lowest BCUT2D eigenvalue weighted by atomic mass is 10.2. The van der Waals surface area contributed by atoms with Gasteiger partial charge in [-0.15, -0.1) is 0 Å². The Morgan fingerprint density at radius 1 is 1.75 bits per heavy atom. The average Bonchev–Trinajstić information content (AvgIpc) is 2.34. The summed E-state index contributed by atoms with van der Waals surface area (Å²) in [5, 5.41) is 0. The molecule has 0 aromatic heterocycles. The zero-order valence-corrected chi connectivity index (χ0v) is 4.08. The molecular formula is C8H16. The van der Waals surface area contributed by atoms with Crippen LogP contribution in [0, 0.1) is 0 Å². The van der Waals surface area contributed by atoms with Gasteiger partial charge >= 0.3 is 0 Å². The van der Waals surface area contributed by atoms with Crippen molar-refractivity contribution in [2.24, 2.45) is 0 Å². The third-order valence-corrected chi connectivity index (χ3v) is 0.322. The minimum atomic E-state index is -3.92. The summed E-state index contributed by atoms with van der Waals surface area (Å²) in [6, 6.07) is -2.77. The summed E-state index contributed by atoms with van der Waals surface area (Å²) in [7, 11) is 0. The van der Waals surface area contributed by atoms with Gasteiger partial charge in [-0.25, -0.2) is 0 Å². The monoisotopic (exact) mass is 127 g/mol. The molecule has 0 aliphatic heterocycles. The van der Waals surface area contributed by atoms with Gasteiger partial charge in [0, 0.05) is 17.8 Å². The van der Waals surface area contributed by atoms with Crippen molar-refractivity contribution in [2.75, 3.05) is 0 Å². The summed E-state index contributed by atoms with van der Waals surface area (Å²) >= 11 is 0. The molecule has 0 heterocycles. The summed E-state index contributed by atoms with van der Waals surface area (Å²) in [4.78, 5) is 0. The second-order valence-electron chi connectivity index (χ2n) is 0.769. The maximum Gasteiger partial charge on any atom is 0.0572 e. The lowest BCUT2D eigenvalue weighted by Gasteiger charge is -1.88. The Morgan fingerprint density at radius 2 is 2.75 bits per heavy atom. The van der Waals surface area contributed by atoms with Crippen molar-refractivity contribution in [1.29, 1.82) is 0 Å². The van der Waals surface area contributed by atoms with Gasteiger partial charge in [0.1, 0.15) is 0 Å². The molecule has 0 rings (SSSR count). The van der Waals surface area contributed by atoms with E-state index in [2.05, 4.69) is 0 Å². The van der Waals surface area contributed by atoms with E-state index >= 15 is 0 Å². The van der Waals surface area contributed by atoms with Crippen LogP contribution in [-0.4, -0.2) is 0 Å². The van der Waals surface area contributed by atoms with Crippen molar-refractivity contribution in [2.45, 2.75) is 39.2 Å². The first-order valence-electron chi connectivity index (χ1n) is 9.44. The highest BCUT2D eigenvalue weighted by Gasteiger charge is 1.78. The van der Waals surface area contributed by atoms with Gasteiger partial charge < -0.3 is 0 Å². The topological polar surface area (TPSA) is 0 Å². The highest BCUT2D eigenvalue weighted by molar-refractivity contribution is 4.75. The Labute approximate surface area is 73.7 Å². The second-order valence-corrected chi connectivity index (χ2v) is 0.769. The molecular weight excluding hydrogens is 96.1 g/mol. The first-order valence-corrected chi connectivity index (χ1v) is 1.79. The standard InChI is InChI=1S/C8H16/c1-3-5-7-8-6-4-2/h3,5H,4,6-8H2,1-2H3/b5-3+/i1D2,2D3,3D,4D2,5D,6D2,7D2,8D2. The molecule has 0 aromatic carbocycles. The number of hydrogen-bond donors (Lipinski definition) is 0. The molecule has 0 spiro atoms. The number of hydrogen-bond acceptors (Lipinski definition) is 0. The van der Waals surface area contributed by atoms with E-state index < -0.39 is 51.3 Å². The molecule has 0 nitrogen and oxygen atoms in total. The molecule has 0 fully saturated rings. The first-order chi connectivity index (χ1) is 9.76. The Hall–Kier alpha value is -0.260. The van der Waals surface area contributed by atoms with Crippen molar-refractivity contribution in [3.63, 3.8) is 0 Å². The fourth-order valence-corrected chi connectivity index (χ4v) is 0.130. The molecule has 0 heteroatoms. The maximum atomic E-state index is 7.60. The van der Waals surface area contributed by atoms with Gasteiger partial charge in [0.05, 0.1) is 2.74 Å². The van der Waals surface area contributed by atoms with Crippen LogP contribution in [0.2, 0.25) is 0 Å². The minimum absolute atomic E-state index is 1.25. The number of allylic oxidation sites excluding steroid dienone is 2. The molecule has 0 bridgehead atoms. The SMILES string of the molecule is [2H]/C(=C(/[2H])C([2H])([2H])C([2H])([2H])C([2H])([2H])C([2H])([2H])C([2H])([2H])[2H])C([2H])[2H]. The summed E-state index contributed by atoms with van der Waals surface area (Å²) in [6.07, 6.45) is -15.2. The molecule has 0 unspecified atom stereocenters. The molecule has 0 aromatic rings. The highest BCUT2D eigenvalue weighted by atomic mass is 13.8. The lowest BCUT2D eigenvalue weighted by molar-refractivity contribution is 0.729. The first kappa shape index (κ1) is 0.744. The highest BCUT2D eigenvalue weighted by Crippen LogP contribution is 1.98. The molecule has 0 N–H and O–H groups in total. The van der Waals surface area contributed by atoms with E-state index in [1.807, 2.05) is 0 Å². The summed E-state index contributed by atoms with van der Waals surface area (Å²) in [5.41, 5.74) is 0. The second kappa shape index (κ2) is 6.74. The van der Waals surface area contributed by atoms with Crippen LogP contribution in [0.3, 0.4) is 0 Å². The van der Waals surface area contributed by atoms with Gasteiger partial charge in [-0.3, -0.25) is 0 Å². The average molecular weight is 127 g/mol. The van der Waals surface area contributed by atoms with Crippen LogP contribution in [0.25, 0.3) is 0 Å². The Kier molecular flexibility index (Phi) is 0.627. The molecule has 0 amide bonds. The van der Waals surface area contributed by atoms with Crippen molar-refractivity contribution < 1.29 is 20.6 Å². The Morgan fingerprint density at radius 3 is 3.50 bits per heavy atom. The molecule has 0 atom stereocenters. The van der Waals surface area contributed by atoms with Crippen LogP contribution in [0.4, 0.5) is 0 Å². The zero-order chi connectivity index (χ0) is 19.2. The van der Waals surface area contributed by atoms with Crippen molar-refractivity contribution in [3.8, 4) is 0 Å². The largest absolute Gasteiger partial charge is 0.0917 e. The third kappa shape index (κ3) is 5.74. The van der Waals surface area contributed by atoms with Crippen LogP contribution in [0.5, 0.6) is 0 Å². The molecule has 0 radical (unpaired) electrons. The van der Waals surface area contributed by atoms with Gasteiger partial charge in [0.2, 0.25) is 0 Å². The molecule has 0 aliphatic rings. The molecule has 0 aliphatic carbocycles. The van der Waals surface area contributed by atoms with E-state index in [4.69, 9.17) is 20.6 Å². The maximum absolute atomic E-state index is 7.60. The van der Waals surface area contributed by atoms with Crippen molar-refractivity contribution in [1.82, 2.24) is 0 Å². The Bertz CT molecular complexity index is 466. The molecule has 0 saturated heterocycles. The summed E-state index contributed by atoms with van der Waals surface area (Å²) in [5.74, 6) is 0. The molecule has 48 valence electrons. The van der Waals surface area contributed by atoms with E-state index in [-0.39, 0.29) is 0 Å². The van der Waals surface area contributed by atoms with E-state index in [1.54, 1.807) is 0 Å². The lowest BCUT2D eigenvalue weighted by Crippen LogP contribution is -1.68. The van der Waals surface area contributed by atoms with Crippen LogP contribution in [0.15, 0.2) is 12.1 Å². The zero-order valence-electron chi connectivity index (χ0n) is 19.1. The van der Waals surface area contributed by atoms with E-state index in [9.17, 15) is 0 Å². The predicted molar refractivity (Wildman–Crippen MR) is 39.0 cm³/mol. The predicted octanol–water partition coefficient (Wildman–Crippen LogP) is 3.14. The van der Waals surface area contributed by atoms with E-state index in [0.717, 1.165) is 0 Å². The normalized spacial score (nSPS) is 49.9. The fourth-order valence-electron chi connectivity index (χ4n) is 0.130. The summed E-state index contributed by atoms with van der Waals surface area (Å²) in [6.45, 7) is -5.76. The third-order valence-electron chi connectivity index (χ3n) is 0.322. The van der Waals surface area contributed by atoms with Crippen molar-refractivity contribution >= 4 is 0 Å². The van der Waals surface area contributed by atoms with Crippen LogP contribution < -0.4 is 0 Å². The van der Waals surface area contributed by atoms with E-state index in [0.29, 0.717) is 0 Å². The quantitative estimate of drug-likeness (QED) is 0.509. The van der Waals surface area contributed by atoms with Crippen LogP contribution in [0.1, 0.15) is 59.8 Å². The number of rotatable bonds is 4. The Balaban J connectivity index is 6.31.